The average Bonchev–Trinajstić information content (AvgIpc) is 3.34. The molecule has 160 valence electrons. The molecule has 3 atom stereocenters. The Morgan fingerprint density at radius 3 is 2.34 bits per heavy atom. The molecule has 3 heterocycles. The van der Waals surface area contributed by atoms with Gasteiger partial charge in [0.15, 0.2) is 5.69 Å². The number of hydrogen-bond donors (Lipinski definition) is 2. The summed E-state index contributed by atoms with van der Waals surface area (Å²) >= 11 is 0. The predicted octanol–water partition coefficient (Wildman–Crippen LogP) is 1.88. The second-order valence-corrected chi connectivity index (χ2v) is 11.4. The zero-order chi connectivity index (χ0) is 20.2. The number of hydrogen-bond acceptors (Lipinski definition) is 6. The van der Waals surface area contributed by atoms with Crippen LogP contribution in [0.3, 0.4) is 0 Å². The fourth-order valence-corrected chi connectivity index (χ4v) is 7.87. The molecule has 4 aliphatic rings. The summed E-state index contributed by atoms with van der Waals surface area (Å²) in [6.45, 7) is 0. The molecule has 5 rings (SSSR count). The van der Waals surface area contributed by atoms with Crippen LogP contribution < -0.4 is 11.1 Å². The molecule has 2 saturated carbocycles. The van der Waals surface area contributed by atoms with E-state index in [0.29, 0.717) is 37.3 Å². The largest absolute Gasteiger partial charge is 0.360 e. The van der Waals surface area contributed by atoms with Crippen LogP contribution in [0, 0.1) is 0 Å². The first-order valence-corrected chi connectivity index (χ1v) is 12.5. The Labute approximate surface area is 171 Å². The molecule has 1 aromatic rings. The summed E-state index contributed by atoms with van der Waals surface area (Å²) in [5.74, 6) is 0.994. The van der Waals surface area contributed by atoms with Gasteiger partial charge in [0.05, 0.1) is 5.25 Å². The molecule has 8 nitrogen and oxygen atoms in total. The second-order valence-electron chi connectivity index (χ2n) is 9.33. The number of nitrogens with one attached hydrogen (secondary N) is 1. The van der Waals surface area contributed by atoms with Gasteiger partial charge in [-0.1, -0.05) is 5.16 Å². The number of sulfonamides is 1. The molecule has 2 saturated heterocycles. The van der Waals surface area contributed by atoms with Crippen molar-refractivity contribution in [2.24, 2.45) is 5.73 Å². The average molecular weight is 423 g/mol. The molecule has 0 spiro atoms. The van der Waals surface area contributed by atoms with Crippen molar-refractivity contribution in [1.82, 2.24) is 14.8 Å². The van der Waals surface area contributed by atoms with Crippen molar-refractivity contribution >= 4 is 15.9 Å². The van der Waals surface area contributed by atoms with E-state index in [1.165, 1.54) is 0 Å². The van der Waals surface area contributed by atoms with Gasteiger partial charge in [-0.25, -0.2) is 8.42 Å². The lowest BCUT2D eigenvalue weighted by molar-refractivity contribution is 0.0899. The van der Waals surface area contributed by atoms with Gasteiger partial charge in [0.25, 0.3) is 5.91 Å². The van der Waals surface area contributed by atoms with Crippen molar-refractivity contribution in [2.45, 2.75) is 99.5 Å². The van der Waals surface area contributed by atoms with Gasteiger partial charge in [0, 0.05) is 36.2 Å². The summed E-state index contributed by atoms with van der Waals surface area (Å²) in [4.78, 5) is 12.6. The van der Waals surface area contributed by atoms with Crippen molar-refractivity contribution in [2.75, 3.05) is 0 Å². The monoisotopic (exact) mass is 422 g/mol. The molecule has 0 radical (unpaired) electrons. The van der Waals surface area contributed by atoms with Crippen LogP contribution in [0.25, 0.3) is 0 Å². The molecule has 9 heteroatoms. The van der Waals surface area contributed by atoms with Gasteiger partial charge >= 0.3 is 0 Å². The Morgan fingerprint density at radius 2 is 1.72 bits per heavy atom. The van der Waals surface area contributed by atoms with Crippen molar-refractivity contribution in [1.29, 1.82) is 0 Å². The van der Waals surface area contributed by atoms with Gasteiger partial charge < -0.3 is 15.6 Å². The first-order chi connectivity index (χ1) is 13.9. The van der Waals surface area contributed by atoms with Gasteiger partial charge in [0.2, 0.25) is 10.0 Å². The first kappa shape index (κ1) is 19.5. The van der Waals surface area contributed by atoms with Crippen LogP contribution in [-0.4, -0.2) is 53.2 Å². The lowest BCUT2D eigenvalue weighted by Gasteiger charge is -2.40. The summed E-state index contributed by atoms with van der Waals surface area (Å²) in [7, 11) is -3.31. The van der Waals surface area contributed by atoms with Crippen molar-refractivity contribution < 1.29 is 17.7 Å². The van der Waals surface area contributed by atoms with E-state index >= 15 is 0 Å². The van der Waals surface area contributed by atoms with Crippen LogP contribution in [0.15, 0.2) is 10.6 Å². The number of piperidine rings is 1. The minimum atomic E-state index is -3.31. The predicted molar refractivity (Wildman–Crippen MR) is 107 cm³/mol. The number of fused-ring (bicyclic) bond motifs is 2. The highest BCUT2D eigenvalue weighted by atomic mass is 32.2. The molecule has 29 heavy (non-hydrogen) atoms. The number of amides is 1. The highest BCUT2D eigenvalue weighted by molar-refractivity contribution is 7.89. The summed E-state index contributed by atoms with van der Waals surface area (Å²) in [5.41, 5.74) is 6.29. The first-order valence-electron chi connectivity index (χ1n) is 11.0. The number of nitrogens with zero attached hydrogens (tertiary/aromatic N) is 2. The summed E-state index contributed by atoms with van der Waals surface area (Å²) in [6.07, 6.45) is 8.17. The maximum absolute atomic E-state index is 13.3. The smallest absolute Gasteiger partial charge is 0.273 e. The van der Waals surface area contributed by atoms with E-state index in [2.05, 4.69) is 10.5 Å². The topological polar surface area (TPSA) is 119 Å². The van der Waals surface area contributed by atoms with Crippen LogP contribution in [-0.2, 0) is 10.0 Å². The number of aromatic nitrogens is 1. The zero-order valence-electron chi connectivity index (χ0n) is 16.6. The lowest BCUT2D eigenvalue weighted by Crippen LogP contribution is -2.55. The Kier molecular flexibility index (Phi) is 4.95. The third-order valence-electron chi connectivity index (χ3n) is 7.18. The van der Waals surface area contributed by atoms with Gasteiger partial charge in [-0.15, -0.1) is 0 Å². The number of nitrogens with two attached hydrogens (primary N) is 1. The van der Waals surface area contributed by atoms with Crippen LogP contribution in [0.1, 0.15) is 86.4 Å². The SMILES string of the molecule is N[C@H]1CC[C@@H](S(=O)(=O)N2[C@@H]3CC[C@H]2C[C@@H](NC(=O)c2cc(C4CC4)on2)C3)CC1. The molecule has 1 amide bonds. The maximum atomic E-state index is 13.3. The maximum Gasteiger partial charge on any atom is 0.273 e. The second kappa shape index (κ2) is 7.35. The van der Waals surface area contributed by atoms with E-state index in [-0.39, 0.29) is 35.3 Å². The number of carbonyl (C=O) groups is 1. The molecule has 0 aromatic carbocycles. The minimum absolute atomic E-state index is 0.0148. The highest BCUT2D eigenvalue weighted by Gasteiger charge is 2.49. The molecule has 2 aliphatic heterocycles. The van der Waals surface area contributed by atoms with Crippen LogP contribution in [0.4, 0.5) is 0 Å². The summed E-state index contributed by atoms with van der Waals surface area (Å²) in [6, 6.07) is 1.83. The molecule has 4 fully saturated rings. The normalized spacial score (nSPS) is 35.6. The van der Waals surface area contributed by atoms with Gasteiger partial charge in [-0.3, -0.25) is 4.79 Å². The Bertz CT molecular complexity index is 859. The third kappa shape index (κ3) is 3.72. The Morgan fingerprint density at radius 1 is 1.07 bits per heavy atom. The van der Waals surface area contributed by atoms with Gasteiger partial charge in [0.1, 0.15) is 5.76 Å². The van der Waals surface area contributed by atoms with Crippen molar-refractivity contribution in [3.05, 3.63) is 17.5 Å². The number of carbonyl (C=O) groups excluding carboxylic acids is 1. The van der Waals surface area contributed by atoms with Crippen molar-refractivity contribution in [3.63, 3.8) is 0 Å². The number of rotatable bonds is 5. The highest BCUT2D eigenvalue weighted by Crippen LogP contribution is 2.41. The fourth-order valence-electron chi connectivity index (χ4n) is 5.44. The quantitative estimate of drug-likeness (QED) is 0.748. The fraction of sp³-hybridized carbons (Fsp3) is 0.800. The van der Waals surface area contributed by atoms with Crippen molar-refractivity contribution in [3.8, 4) is 0 Å². The van der Waals surface area contributed by atoms with E-state index < -0.39 is 10.0 Å². The standard InChI is InChI=1S/C20H30N4O4S/c21-13-3-7-17(8-4-13)29(26,27)24-15-5-6-16(24)10-14(9-15)22-20(25)18-11-19(28-23-18)12-1-2-12/h11-17H,1-10,21H2,(H,22,25)/t13-,14-,15+,16-,17+. The molecule has 3 N–H and O–H groups in total. The van der Waals surface area contributed by atoms with Gasteiger partial charge in [-0.05, 0) is 64.2 Å². The summed E-state index contributed by atoms with van der Waals surface area (Å²) in [5, 5.41) is 6.68. The van der Waals surface area contributed by atoms with Crippen LogP contribution in [0.5, 0.6) is 0 Å². The molecule has 2 aliphatic carbocycles. The van der Waals surface area contributed by atoms with E-state index in [0.717, 1.165) is 44.3 Å². The molecular weight excluding hydrogens is 392 g/mol. The molecule has 0 unspecified atom stereocenters. The van der Waals surface area contributed by atoms with Gasteiger partial charge in [-0.2, -0.15) is 4.31 Å². The lowest BCUT2D eigenvalue weighted by atomic mass is 9.96. The van der Waals surface area contributed by atoms with E-state index in [4.69, 9.17) is 10.3 Å². The van der Waals surface area contributed by atoms with Crippen LogP contribution in [0.2, 0.25) is 0 Å². The molecule has 1 aromatic heterocycles. The Hall–Kier alpha value is -1.45. The van der Waals surface area contributed by atoms with E-state index in [1.807, 2.05) is 0 Å². The molecule has 2 bridgehead atoms. The Balaban J connectivity index is 1.23. The minimum Gasteiger partial charge on any atom is -0.360 e. The zero-order valence-corrected chi connectivity index (χ0v) is 17.4. The van der Waals surface area contributed by atoms with E-state index in [1.54, 1.807) is 10.4 Å². The summed E-state index contributed by atoms with van der Waals surface area (Å²) < 4.78 is 33.7. The van der Waals surface area contributed by atoms with E-state index in [9.17, 15) is 13.2 Å². The third-order valence-corrected chi connectivity index (χ3v) is 9.67. The van der Waals surface area contributed by atoms with Crippen LogP contribution >= 0.6 is 0 Å². The molecular formula is C20H30N4O4S.